The minimum atomic E-state index is 0.669. The zero-order valence-electron chi connectivity index (χ0n) is 15.5. The summed E-state index contributed by atoms with van der Waals surface area (Å²) in [4.78, 5) is 14.3. The van der Waals surface area contributed by atoms with Crippen molar-refractivity contribution < 1.29 is 0 Å². The summed E-state index contributed by atoms with van der Waals surface area (Å²) in [6, 6.07) is 32.6. The molecule has 5 aromatic rings. The van der Waals surface area contributed by atoms with Crippen LogP contribution in [0.4, 0.5) is 0 Å². The number of fused-ring (bicyclic) bond motifs is 1. The lowest BCUT2D eigenvalue weighted by Crippen LogP contribution is -2.00. The fourth-order valence-electron chi connectivity index (χ4n) is 3.29. The molecule has 29 heavy (non-hydrogen) atoms. The topological polar surface area (TPSA) is 38.7 Å². The van der Waals surface area contributed by atoms with Crippen molar-refractivity contribution in [3.05, 3.63) is 102 Å². The summed E-state index contributed by atoms with van der Waals surface area (Å²) >= 11 is 3.53. The van der Waals surface area contributed by atoms with Crippen molar-refractivity contribution in [1.29, 1.82) is 0 Å². The molecule has 4 heteroatoms. The highest BCUT2D eigenvalue weighted by atomic mass is 79.9. The third-order valence-electron chi connectivity index (χ3n) is 4.76. The van der Waals surface area contributed by atoms with Gasteiger partial charge in [-0.25, -0.2) is 15.0 Å². The van der Waals surface area contributed by atoms with E-state index in [-0.39, 0.29) is 0 Å². The Kier molecular flexibility index (Phi) is 4.62. The Hall–Kier alpha value is -3.37. The number of hydrogen-bond acceptors (Lipinski definition) is 3. The standard InChI is InChI=1S/C25H16BrN3/c26-22-14-13-19-15-21(12-11-20(19)16-22)25-28-23(17-7-3-1-4-8-17)27-24(29-25)18-9-5-2-6-10-18/h1-16H. The number of aromatic nitrogens is 3. The first kappa shape index (κ1) is 17.7. The summed E-state index contributed by atoms with van der Waals surface area (Å²) in [5.74, 6) is 2.01. The molecule has 5 rings (SSSR count). The number of benzene rings is 4. The van der Waals surface area contributed by atoms with Gasteiger partial charge in [0, 0.05) is 21.2 Å². The molecule has 3 nitrogen and oxygen atoms in total. The fraction of sp³-hybridized carbons (Fsp3) is 0. The minimum absolute atomic E-state index is 0.669. The minimum Gasteiger partial charge on any atom is -0.208 e. The SMILES string of the molecule is Brc1ccc2cc(-c3nc(-c4ccccc4)nc(-c4ccccc4)n3)ccc2c1. The van der Waals surface area contributed by atoms with Crippen LogP contribution in [0.3, 0.4) is 0 Å². The maximum atomic E-state index is 4.79. The van der Waals surface area contributed by atoms with Crippen LogP contribution in [0.5, 0.6) is 0 Å². The van der Waals surface area contributed by atoms with Gasteiger partial charge in [-0.1, -0.05) is 94.8 Å². The van der Waals surface area contributed by atoms with Crippen LogP contribution < -0.4 is 0 Å². The summed E-state index contributed by atoms with van der Waals surface area (Å²) in [7, 11) is 0. The molecule has 0 N–H and O–H groups in total. The Morgan fingerprint density at radius 3 is 1.52 bits per heavy atom. The molecule has 0 atom stereocenters. The van der Waals surface area contributed by atoms with Gasteiger partial charge in [-0.05, 0) is 29.0 Å². The maximum Gasteiger partial charge on any atom is 0.164 e. The molecule has 138 valence electrons. The zero-order valence-corrected chi connectivity index (χ0v) is 17.0. The van der Waals surface area contributed by atoms with Gasteiger partial charge in [0.2, 0.25) is 0 Å². The van der Waals surface area contributed by atoms with Crippen molar-refractivity contribution in [3.8, 4) is 34.2 Å². The molecule has 0 fully saturated rings. The average molecular weight is 438 g/mol. The van der Waals surface area contributed by atoms with Gasteiger partial charge >= 0.3 is 0 Å². The lowest BCUT2D eigenvalue weighted by molar-refractivity contribution is 1.07. The third-order valence-corrected chi connectivity index (χ3v) is 5.25. The zero-order chi connectivity index (χ0) is 19.6. The second-order valence-corrected chi connectivity index (χ2v) is 7.66. The summed E-state index contributed by atoms with van der Waals surface area (Å²) < 4.78 is 1.07. The molecule has 0 spiro atoms. The van der Waals surface area contributed by atoms with Crippen molar-refractivity contribution in [2.45, 2.75) is 0 Å². The van der Waals surface area contributed by atoms with E-state index < -0.39 is 0 Å². The molecule has 0 saturated heterocycles. The Balaban J connectivity index is 1.70. The van der Waals surface area contributed by atoms with E-state index in [1.165, 1.54) is 5.39 Å². The van der Waals surface area contributed by atoms with Crippen LogP contribution >= 0.6 is 15.9 Å². The van der Waals surface area contributed by atoms with Crippen molar-refractivity contribution in [3.63, 3.8) is 0 Å². The van der Waals surface area contributed by atoms with Gasteiger partial charge < -0.3 is 0 Å². The Bertz CT molecular complexity index is 1240. The highest BCUT2D eigenvalue weighted by Crippen LogP contribution is 2.28. The van der Waals surface area contributed by atoms with E-state index in [0.29, 0.717) is 17.5 Å². The lowest BCUT2D eigenvalue weighted by atomic mass is 10.1. The monoisotopic (exact) mass is 437 g/mol. The maximum absolute atomic E-state index is 4.79. The number of nitrogens with zero attached hydrogens (tertiary/aromatic N) is 3. The molecular weight excluding hydrogens is 422 g/mol. The van der Waals surface area contributed by atoms with Gasteiger partial charge in [0.05, 0.1) is 0 Å². The predicted octanol–water partition coefficient (Wildman–Crippen LogP) is 6.79. The predicted molar refractivity (Wildman–Crippen MR) is 121 cm³/mol. The quantitative estimate of drug-likeness (QED) is 0.311. The smallest absolute Gasteiger partial charge is 0.164 e. The summed E-state index contributed by atoms with van der Waals surface area (Å²) in [6.45, 7) is 0. The van der Waals surface area contributed by atoms with E-state index in [0.717, 1.165) is 26.5 Å². The Morgan fingerprint density at radius 2 is 0.931 bits per heavy atom. The molecule has 0 bridgehead atoms. The molecule has 1 heterocycles. The van der Waals surface area contributed by atoms with Crippen molar-refractivity contribution in [2.75, 3.05) is 0 Å². The van der Waals surface area contributed by atoms with Gasteiger partial charge in [-0.3, -0.25) is 0 Å². The van der Waals surface area contributed by atoms with Crippen molar-refractivity contribution >= 4 is 26.7 Å². The van der Waals surface area contributed by atoms with Crippen LogP contribution in [-0.4, -0.2) is 15.0 Å². The van der Waals surface area contributed by atoms with Crippen LogP contribution in [0.1, 0.15) is 0 Å². The van der Waals surface area contributed by atoms with E-state index >= 15 is 0 Å². The molecular formula is C25H16BrN3. The van der Waals surface area contributed by atoms with E-state index in [1.807, 2.05) is 66.7 Å². The number of rotatable bonds is 3. The van der Waals surface area contributed by atoms with Crippen LogP contribution in [-0.2, 0) is 0 Å². The van der Waals surface area contributed by atoms with E-state index in [9.17, 15) is 0 Å². The molecule has 1 aromatic heterocycles. The molecule has 4 aromatic carbocycles. The first-order valence-electron chi connectivity index (χ1n) is 9.33. The number of hydrogen-bond donors (Lipinski definition) is 0. The fourth-order valence-corrected chi connectivity index (χ4v) is 3.67. The van der Waals surface area contributed by atoms with Crippen molar-refractivity contribution in [1.82, 2.24) is 15.0 Å². The normalized spacial score (nSPS) is 10.9. The van der Waals surface area contributed by atoms with E-state index in [1.54, 1.807) is 0 Å². The Labute approximate surface area is 177 Å². The van der Waals surface area contributed by atoms with E-state index in [4.69, 9.17) is 15.0 Å². The molecule has 0 radical (unpaired) electrons. The molecule has 0 unspecified atom stereocenters. The van der Waals surface area contributed by atoms with Gasteiger partial charge in [0.15, 0.2) is 17.5 Å². The van der Waals surface area contributed by atoms with Gasteiger partial charge in [-0.2, -0.15) is 0 Å². The second-order valence-electron chi connectivity index (χ2n) is 6.74. The molecule has 0 aliphatic heterocycles. The summed E-state index contributed by atoms with van der Waals surface area (Å²) in [5.41, 5.74) is 2.91. The molecule has 0 aliphatic carbocycles. The van der Waals surface area contributed by atoms with Crippen LogP contribution in [0.2, 0.25) is 0 Å². The summed E-state index contributed by atoms with van der Waals surface area (Å²) in [6.07, 6.45) is 0. The first-order valence-corrected chi connectivity index (χ1v) is 10.1. The lowest BCUT2D eigenvalue weighted by Gasteiger charge is -2.09. The van der Waals surface area contributed by atoms with Crippen molar-refractivity contribution in [2.24, 2.45) is 0 Å². The van der Waals surface area contributed by atoms with Gasteiger partial charge in [0.1, 0.15) is 0 Å². The largest absolute Gasteiger partial charge is 0.208 e. The highest BCUT2D eigenvalue weighted by Gasteiger charge is 2.12. The van der Waals surface area contributed by atoms with Gasteiger partial charge in [0.25, 0.3) is 0 Å². The van der Waals surface area contributed by atoms with Crippen LogP contribution in [0, 0.1) is 0 Å². The molecule has 0 saturated carbocycles. The Morgan fingerprint density at radius 1 is 0.448 bits per heavy atom. The summed E-state index contributed by atoms with van der Waals surface area (Å²) in [5, 5.41) is 2.32. The van der Waals surface area contributed by atoms with Crippen LogP contribution in [0.25, 0.3) is 44.9 Å². The van der Waals surface area contributed by atoms with Gasteiger partial charge in [-0.15, -0.1) is 0 Å². The molecule has 0 amide bonds. The molecule has 0 aliphatic rings. The highest BCUT2D eigenvalue weighted by molar-refractivity contribution is 9.10. The number of halogens is 1. The van der Waals surface area contributed by atoms with Crippen LogP contribution in [0.15, 0.2) is 102 Å². The second kappa shape index (κ2) is 7.57. The average Bonchev–Trinajstić information content (AvgIpc) is 2.79. The third kappa shape index (κ3) is 3.67. The first-order chi connectivity index (χ1) is 14.3. The van der Waals surface area contributed by atoms with E-state index in [2.05, 4.69) is 46.3 Å².